The molecular weight excluding hydrogens is 398 g/mol. The number of nitrogens with zero attached hydrogens (tertiary/aromatic N) is 1. The molecule has 0 saturated heterocycles. The lowest BCUT2D eigenvalue weighted by atomic mass is 10.2. The molecule has 0 spiro atoms. The number of benzene rings is 2. The first-order valence-corrected chi connectivity index (χ1v) is 7.96. The van der Waals surface area contributed by atoms with E-state index >= 15 is 0 Å². The van der Waals surface area contributed by atoms with Crippen LogP contribution in [-0.2, 0) is 4.74 Å². The summed E-state index contributed by atoms with van der Waals surface area (Å²) in [6.45, 7) is 2.30. The summed E-state index contributed by atoms with van der Waals surface area (Å²) in [5.41, 5.74) is 1.28. The molecule has 0 bridgehead atoms. The average Bonchev–Trinajstić information content (AvgIpc) is 2.47. The summed E-state index contributed by atoms with van der Waals surface area (Å²) in [5.74, 6) is -0.00218. The summed E-state index contributed by atoms with van der Waals surface area (Å²) >= 11 is 6.72. The molecule has 2 aromatic carbocycles. The summed E-state index contributed by atoms with van der Waals surface area (Å²) in [5, 5.41) is 0. The van der Waals surface area contributed by atoms with E-state index in [2.05, 4.69) is 36.9 Å². The van der Waals surface area contributed by atoms with Crippen molar-refractivity contribution < 1.29 is 9.53 Å². The average molecular weight is 411 g/mol. The minimum atomic E-state index is -0.331. The molecule has 21 heavy (non-hydrogen) atoms. The Balaban J connectivity index is 2.32. The third-order valence-electron chi connectivity index (χ3n) is 2.65. The smallest absolute Gasteiger partial charge is 0.280 e. The number of halogens is 2. The number of rotatable bonds is 3. The fourth-order valence-electron chi connectivity index (χ4n) is 1.69. The van der Waals surface area contributed by atoms with Crippen molar-refractivity contribution in [3.05, 3.63) is 68.6 Å². The highest BCUT2D eigenvalue weighted by molar-refractivity contribution is 9.10. The Morgan fingerprint density at radius 1 is 1.05 bits per heavy atom. The topological polar surface area (TPSA) is 38.7 Å². The number of ether oxygens (including phenoxy) is 1. The van der Waals surface area contributed by atoms with E-state index in [0.717, 1.165) is 14.5 Å². The second-order valence-electron chi connectivity index (χ2n) is 4.17. The van der Waals surface area contributed by atoms with Gasteiger partial charge in [0.05, 0.1) is 6.61 Å². The molecule has 0 aromatic heterocycles. The zero-order valence-electron chi connectivity index (χ0n) is 11.3. The third-order valence-corrected chi connectivity index (χ3v) is 3.67. The Morgan fingerprint density at radius 2 is 1.76 bits per heavy atom. The van der Waals surface area contributed by atoms with E-state index in [1.165, 1.54) is 0 Å². The Kier molecular flexibility index (Phi) is 5.70. The molecule has 0 saturated carbocycles. The predicted octanol–water partition coefficient (Wildman–Crippen LogP) is 4.84. The number of hydrogen-bond donors (Lipinski definition) is 0. The van der Waals surface area contributed by atoms with Crippen LogP contribution in [0.1, 0.15) is 22.8 Å². The summed E-state index contributed by atoms with van der Waals surface area (Å²) in [4.78, 5) is 16.3. The van der Waals surface area contributed by atoms with Crippen LogP contribution in [0.4, 0.5) is 0 Å². The standard InChI is InChI=1S/C16H13Br2NO2/c1-2-21-16(11-6-8-13(17)9-7-11)19-15(20)12-4-3-5-14(18)10-12/h3-10H,2H2,1H3. The van der Waals surface area contributed by atoms with Crippen LogP contribution in [0.5, 0.6) is 0 Å². The van der Waals surface area contributed by atoms with Crippen molar-refractivity contribution >= 4 is 43.7 Å². The van der Waals surface area contributed by atoms with Gasteiger partial charge in [-0.25, -0.2) is 0 Å². The second-order valence-corrected chi connectivity index (χ2v) is 6.00. The molecule has 0 atom stereocenters. The van der Waals surface area contributed by atoms with E-state index in [9.17, 15) is 4.79 Å². The molecule has 0 radical (unpaired) electrons. The van der Waals surface area contributed by atoms with Crippen LogP contribution in [0.25, 0.3) is 0 Å². The maximum atomic E-state index is 12.2. The van der Waals surface area contributed by atoms with Gasteiger partial charge in [0.2, 0.25) is 5.90 Å². The number of hydrogen-bond acceptors (Lipinski definition) is 2. The Hall–Kier alpha value is -1.46. The third kappa shape index (κ3) is 4.51. The molecule has 0 aliphatic heterocycles. The van der Waals surface area contributed by atoms with Gasteiger partial charge in [-0.3, -0.25) is 4.79 Å². The van der Waals surface area contributed by atoms with Crippen LogP contribution < -0.4 is 0 Å². The first kappa shape index (κ1) is 15.9. The van der Waals surface area contributed by atoms with E-state index < -0.39 is 0 Å². The largest absolute Gasteiger partial charge is 0.477 e. The molecule has 0 N–H and O–H groups in total. The van der Waals surface area contributed by atoms with Crippen LogP contribution in [0.2, 0.25) is 0 Å². The molecule has 2 rings (SSSR count). The van der Waals surface area contributed by atoms with Crippen LogP contribution in [-0.4, -0.2) is 18.4 Å². The van der Waals surface area contributed by atoms with E-state index in [4.69, 9.17) is 4.74 Å². The van der Waals surface area contributed by atoms with Gasteiger partial charge in [-0.2, -0.15) is 4.99 Å². The van der Waals surface area contributed by atoms with Gasteiger partial charge in [-0.1, -0.05) is 37.9 Å². The van der Waals surface area contributed by atoms with Crippen molar-refractivity contribution in [2.45, 2.75) is 6.92 Å². The minimum Gasteiger partial charge on any atom is -0.477 e. The Labute approximate surface area is 140 Å². The fraction of sp³-hybridized carbons (Fsp3) is 0.125. The van der Waals surface area contributed by atoms with E-state index in [-0.39, 0.29) is 5.91 Å². The monoisotopic (exact) mass is 409 g/mol. The molecule has 3 nitrogen and oxygen atoms in total. The maximum absolute atomic E-state index is 12.2. The highest BCUT2D eigenvalue weighted by Crippen LogP contribution is 2.15. The Bertz CT molecular complexity index is 666. The van der Waals surface area contributed by atoms with Gasteiger partial charge in [0.25, 0.3) is 5.91 Å². The quantitative estimate of drug-likeness (QED) is 0.536. The highest BCUT2D eigenvalue weighted by atomic mass is 79.9. The zero-order valence-corrected chi connectivity index (χ0v) is 14.5. The van der Waals surface area contributed by atoms with Crippen molar-refractivity contribution in [3.8, 4) is 0 Å². The predicted molar refractivity (Wildman–Crippen MR) is 90.8 cm³/mol. The molecular formula is C16H13Br2NO2. The van der Waals surface area contributed by atoms with Crippen LogP contribution >= 0.6 is 31.9 Å². The number of amides is 1. The second kappa shape index (κ2) is 7.52. The number of aliphatic imine (C=N–C) groups is 1. The summed E-state index contributed by atoms with van der Waals surface area (Å²) in [6, 6.07) is 14.6. The first-order chi connectivity index (χ1) is 10.1. The molecule has 0 fully saturated rings. The van der Waals surface area contributed by atoms with Crippen LogP contribution in [0.15, 0.2) is 62.5 Å². The van der Waals surface area contributed by atoms with E-state index in [1.807, 2.05) is 37.3 Å². The lowest BCUT2D eigenvalue weighted by molar-refractivity contribution is 0.0999. The van der Waals surface area contributed by atoms with Crippen molar-refractivity contribution in [2.24, 2.45) is 4.99 Å². The van der Waals surface area contributed by atoms with Gasteiger partial charge in [0.1, 0.15) is 0 Å². The normalized spacial score (nSPS) is 11.3. The molecule has 108 valence electrons. The Morgan fingerprint density at radius 3 is 2.38 bits per heavy atom. The molecule has 5 heteroatoms. The van der Waals surface area contributed by atoms with Gasteiger partial charge in [0, 0.05) is 20.1 Å². The van der Waals surface area contributed by atoms with Gasteiger partial charge in [-0.15, -0.1) is 0 Å². The summed E-state index contributed by atoms with van der Waals surface area (Å²) in [6.07, 6.45) is 0. The maximum Gasteiger partial charge on any atom is 0.280 e. The van der Waals surface area contributed by atoms with Gasteiger partial charge in [-0.05, 0) is 49.4 Å². The van der Waals surface area contributed by atoms with Gasteiger partial charge in [0.15, 0.2) is 0 Å². The molecule has 0 aliphatic rings. The van der Waals surface area contributed by atoms with Gasteiger partial charge < -0.3 is 4.74 Å². The number of carbonyl (C=O) groups is 1. The van der Waals surface area contributed by atoms with Crippen molar-refractivity contribution in [1.82, 2.24) is 0 Å². The first-order valence-electron chi connectivity index (χ1n) is 6.37. The fourth-order valence-corrected chi connectivity index (χ4v) is 2.35. The highest BCUT2D eigenvalue weighted by Gasteiger charge is 2.10. The molecule has 1 amide bonds. The van der Waals surface area contributed by atoms with Crippen LogP contribution in [0, 0.1) is 0 Å². The lowest BCUT2D eigenvalue weighted by Crippen LogP contribution is -2.10. The lowest BCUT2D eigenvalue weighted by Gasteiger charge is -2.07. The number of carbonyl (C=O) groups excluding carboxylic acids is 1. The van der Waals surface area contributed by atoms with E-state index in [1.54, 1.807) is 18.2 Å². The molecule has 0 aliphatic carbocycles. The SMILES string of the molecule is CCOC(=NC(=O)c1cccc(Br)c1)c1ccc(Br)cc1. The minimum absolute atomic E-state index is 0.329. The zero-order chi connectivity index (χ0) is 15.2. The molecule has 0 unspecified atom stereocenters. The molecule has 2 aromatic rings. The summed E-state index contributed by atoms with van der Waals surface area (Å²) in [7, 11) is 0. The van der Waals surface area contributed by atoms with Crippen molar-refractivity contribution in [3.63, 3.8) is 0 Å². The molecule has 0 heterocycles. The van der Waals surface area contributed by atoms with Crippen molar-refractivity contribution in [2.75, 3.05) is 6.61 Å². The van der Waals surface area contributed by atoms with Gasteiger partial charge >= 0.3 is 0 Å². The van der Waals surface area contributed by atoms with Crippen LogP contribution in [0.3, 0.4) is 0 Å². The van der Waals surface area contributed by atoms with Crippen molar-refractivity contribution in [1.29, 1.82) is 0 Å². The summed E-state index contributed by atoms with van der Waals surface area (Å²) < 4.78 is 7.29. The van der Waals surface area contributed by atoms with E-state index in [0.29, 0.717) is 18.1 Å².